The van der Waals surface area contributed by atoms with E-state index in [0.29, 0.717) is 0 Å². The van der Waals surface area contributed by atoms with Crippen LogP contribution >= 0.6 is 27.5 Å². The zero-order chi connectivity index (χ0) is 13.8. The van der Waals surface area contributed by atoms with Crippen molar-refractivity contribution in [1.29, 1.82) is 0 Å². The van der Waals surface area contributed by atoms with E-state index in [1.54, 1.807) is 0 Å². The number of aromatic nitrogens is 1. The average molecular weight is 340 g/mol. The van der Waals surface area contributed by atoms with E-state index in [1.165, 1.54) is 16.7 Å². The molecule has 0 aliphatic carbocycles. The van der Waals surface area contributed by atoms with E-state index in [2.05, 4.69) is 45.9 Å². The Morgan fingerprint density at radius 3 is 2.47 bits per heavy atom. The highest BCUT2D eigenvalue weighted by Crippen LogP contribution is 2.20. The molecule has 0 fully saturated rings. The van der Waals surface area contributed by atoms with Gasteiger partial charge in [-0.25, -0.2) is 4.98 Å². The predicted molar refractivity (Wildman–Crippen MR) is 85.2 cm³/mol. The van der Waals surface area contributed by atoms with Crippen LogP contribution in [-0.2, 0) is 11.9 Å². The summed E-state index contributed by atoms with van der Waals surface area (Å²) >= 11 is 9.34. The molecule has 2 nitrogen and oxygen atoms in total. The standard InChI is InChI=1S/C15H16BrClN2/c1-11-7-13(8-16)9-18-15(11)19(2)10-12-3-5-14(17)6-4-12/h3-7,9H,8,10H2,1-2H3. The molecule has 4 heteroatoms. The van der Waals surface area contributed by atoms with Gasteiger partial charge in [0, 0.05) is 30.1 Å². The molecule has 0 saturated carbocycles. The smallest absolute Gasteiger partial charge is 0.131 e. The summed E-state index contributed by atoms with van der Waals surface area (Å²) in [5.74, 6) is 1.01. The summed E-state index contributed by atoms with van der Waals surface area (Å²) in [5.41, 5.74) is 3.60. The van der Waals surface area contributed by atoms with Gasteiger partial charge in [-0.15, -0.1) is 0 Å². The van der Waals surface area contributed by atoms with Gasteiger partial charge in [0.15, 0.2) is 0 Å². The van der Waals surface area contributed by atoms with Gasteiger partial charge < -0.3 is 4.90 Å². The molecular weight excluding hydrogens is 324 g/mol. The SMILES string of the molecule is Cc1cc(CBr)cnc1N(C)Cc1ccc(Cl)cc1. The van der Waals surface area contributed by atoms with Crippen LogP contribution in [0.1, 0.15) is 16.7 Å². The molecule has 19 heavy (non-hydrogen) atoms. The molecule has 1 aromatic carbocycles. The first-order valence-corrected chi connectivity index (χ1v) is 7.57. The van der Waals surface area contributed by atoms with Crippen molar-refractivity contribution in [3.63, 3.8) is 0 Å². The second-order valence-corrected chi connectivity index (χ2v) is 5.60. The molecule has 0 atom stereocenters. The number of benzene rings is 1. The molecule has 0 N–H and O–H groups in total. The molecule has 0 radical (unpaired) electrons. The van der Waals surface area contributed by atoms with Crippen LogP contribution < -0.4 is 4.90 Å². The minimum Gasteiger partial charge on any atom is -0.355 e. The third-order valence-electron chi connectivity index (χ3n) is 2.96. The lowest BCUT2D eigenvalue weighted by molar-refractivity contribution is 0.889. The van der Waals surface area contributed by atoms with Crippen LogP contribution in [0.4, 0.5) is 5.82 Å². The summed E-state index contributed by atoms with van der Waals surface area (Å²) < 4.78 is 0. The summed E-state index contributed by atoms with van der Waals surface area (Å²) in [6.45, 7) is 2.91. The Hall–Kier alpha value is -1.06. The molecule has 0 unspecified atom stereocenters. The van der Waals surface area contributed by atoms with E-state index in [4.69, 9.17) is 11.6 Å². The lowest BCUT2D eigenvalue weighted by atomic mass is 10.2. The summed E-state index contributed by atoms with van der Waals surface area (Å²) in [4.78, 5) is 6.68. The van der Waals surface area contributed by atoms with Crippen LogP contribution in [0.5, 0.6) is 0 Å². The van der Waals surface area contributed by atoms with Crippen molar-refractivity contribution in [3.05, 3.63) is 58.2 Å². The van der Waals surface area contributed by atoms with Crippen molar-refractivity contribution in [3.8, 4) is 0 Å². The van der Waals surface area contributed by atoms with Crippen molar-refractivity contribution in [2.24, 2.45) is 0 Å². The second kappa shape index (κ2) is 6.40. The monoisotopic (exact) mass is 338 g/mol. The lowest BCUT2D eigenvalue weighted by Gasteiger charge is -2.20. The van der Waals surface area contributed by atoms with Gasteiger partial charge in [-0.05, 0) is 35.7 Å². The maximum absolute atomic E-state index is 5.89. The van der Waals surface area contributed by atoms with Crippen molar-refractivity contribution >= 4 is 33.3 Å². The Labute approximate surface area is 127 Å². The van der Waals surface area contributed by atoms with Crippen molar-refractivity contribution in [2.45, 2.75) is 18.8 Å². The largest absolute Gasteiger partial charge is 0.355 e. The molecule has 0 aliphatic rings. The Morgan fingerprint density at radius 1 is 1.21 bits per heavy atom. The molecule has 1 heterocycles. The van der Waals surface area contributed by atoms with Gasteiger partial charge in [0.2, 0.25) is 0 Å². The Morgan fingerprint density at radius 2 is 1.89 bits per heavy atom. The van der Waals surface area contributed by atoms with Crippen LogP contribution in [0.3, 0.4) is 0 Å². The van der Waals surface area contributed by atoms with Crippen LogP contribution in [0, 0.1) is 6.92 Å². The molecular formula is C15H16BrClN2. The number of rotatable bonds is 4. The number of nitrogens with zero attached hydrogens (tertiary/aromatic N) is 2. The second-order valence-electron chi connectivity index (χ2n) is 4.60. The summed E-state index contributed by atoms with van der Waals surface area (Å²) in [6.07, 6.45) is 1.91. The first-order chi connectivity index (χ1) is 9.10. The minimum absolute atomic E-state index is 0.766. The van der Waals surface area contributed by atoms with E-state index in [-0.39, 0.29) is 0 Å². The molecule has 0 saturated heterocycles. The molecule has 0 aliphatic heterocycles. The predicted octanol–water partition coefficient (Wildman–Crippen LogP) is 4.57. The van der Waals surface area contributed by atoms with Crippen LogP contribution in [0.25, 0.3) is 0 Å². The van der Waals surface area contributed by atoms with Gasteiger partial charge in [-0.1, -0.05) is 45.7 Å². The topological polar surface area (TPSA) is 16.1 Å². The van der Waals surface area contributed by atoms with Crippen molar-refractivity contribution in [1.82, 2.24) is 4.98 Å². The molecule has 0 amide bonds. The summed E-state index contributed by atoms with van der Waals surface area (Å²) in [6, 6.07) is 10.1. The molecule has 1 aromatic heterocycles. The minimum atomic E-state index is 0.766. The quantitative estimate of drug-likeness (QED) is 0.758. The fourth-order valence-electron chi connectivity index (χ4n) is 2.04. The number of hydrogen-bond donors (Lipinski definition) is 0. The zero-order valence-electron chi connectivity index (χ0n) is 11.0. The van der Waals surface area contributed by atoms with Crippen LogP contribution in [-0.4, -0.2) is 12.0 Å². The molecule has 0 bridgehead atoms. The highest BCUT2D eigenvalue weighted by Gasteiger charge is 2.07. The Bertz CT molecular complexity index is 555. The van der Waals surface area contributed by atoms with Gasteiger partial charge in [-0.3, -0.25) is 0 Å². The first kappa shape index (κ1) is 14.4. The zero-order valence-corrected chi connectivity index (χ0v) is 13.4. The number of halogens is 2. The van der Waals surface area contributed by atoms with Gasteiger partial charge in [-0.2, -0.15) is 0 Å². The summed E-state index contributed by atoms with van der Waals surface area (Å²) in [5, 5.41) is 1.60. The number of alkyl halides is 1. The normalized spacial score (nSPS) is 10.5. The van der Waals surface area contributed by atoms with Gasteiger partial charge in [0.25, 0.3) is 0 Å². The maximum atomic E-state index is 5.89. The summed E-state index contributed by atoms with van der Waals surface area (Å²) in [7, 11) is 2.05. The van der Waals surface area contributed by atoms with E-state index in [0.717, 1.165) is 22.7 Å². The number of aryl methyl sites for hydroxylation is 1. The maximum Gasteiger partial charge on any atom is 0.131 e. The average Bonchev–Trinajstić information content (AvgIpc) is 2.41. The van der Waals surface area contributed by atoms with Gasteiger partial charge >= 0.3 is 0 Å². The number of pyridine rings is 1. The van der Waals surface area contributed by atoms with Crippen LogP contribution in [0.15, 0.2) is 36.5 Å². The van der Waals surface area contributed by atoms with E-state index >= 15 is 0 Å². The fourth-order valence-corrected chi connectivity index (χ4v) is 2.47. The van der Waals surface area contributed by atoms with Gasteiger partial charge in [0.05, 0.1) is 0 Å². The van der Waals surface area contributed by atoms with Crippen LogP contribution in [0.2, 0.25) is 5.02 Å². The third-order valence-corrected chi connectivity index (χ3v) is 3.86. The molecule has 2 aromatic rings. The molecule has 100 valence electrons. The van der Waals surface area contributed by atoms with Crippen molar-refractivity contribution < 1.29 is 0 Å². The Kier molecular flexibility index (Phi) is 4.83. The lowest BCUT2D eigenvalue weighted by Crippen LogP contribution is -2.18. The highest BCUT2D eigenvalue weighted by molar-refractivity contribution is 9.08. The fraction of sp³-hybridized carbons (Fsp3) is 0.267. The highest BCUT2D eigenvalue weighted by atomic mass is 79.9. The number of anilines is 1. The molecule has 0 spiro atoms. The van der Waals surface area contributed by atoms with E-state index < -0.39 is 0 Å². The third kappa shape index (κ3) is 3.71. The van der Waals surface area contributed by atoms with Gasteiger partial charge in [0.1, 0.15) is 5.82 Å². The first-order valence-electron chi connectivity index (χ1n) is 6.07. The van der Waals surface area contributed by atoms with E-state index in [9.17, 15) is 0 Å². The Balaban J connectivity index is 2.15. The number of hydrogen-bond acceptors (Lipinski definition) is 2. The molecule has 2 rings (SSSR count). The van der Waals surface area contributed by atoms with Crippen molar-refractivity contribution in [2.75, 3.05) is 11.9 Å². The van der Waals surface area contributed by atoms with E-state index in [1.807, 2.05) is 30.5 Å².